The van der Waals surface area contributed by atoms with Crippen molar-refractivity contribution in [3.8, 4) is 5.75 Å². The van der Waals surface area contributed by atoms with Crippen molar-refractivity contribution in [3.05, 3.63) is 29.8 Å². The third-order valence-corrected chi connectivity index (χ3v) is 3.84. The van der Waals surface area contributed by atoms with Crippen molar-refractivity contribution in [2.75, 3.05) is 0 Å². The van der Waals surface area contributed by atoms with Gasteiger partial charge in [0.25, 0.3) is 0 Å². The molecule has 2 N–H and O–H groups in total. The van der Waals surface area contributed by atoms with Gasteiger partial charge in [-0.25, -0.2) is 0 Å². The SMILES string of the molecule is CC(CC(=O)O)S(=O)Cc1ccc(O)cc1. The molecule has 2 unspecified atom stereocenters. The van der Waals surface area contributed by atoms with Crippen LogP contribution in [-0.4, -0.2) is 25.6 Å². The molecule has 88 valence electrons. The van der Waals surface area contributed by atoms with Crippen molar-refractivity contribution < 1.29 is 19.2 Å². The highest BCUT2D eigenvalue weighted by Crippen LogP contribution is 2.13. The maximum atomic E-state index is 11.7. The molecule has 0 aliphatic rings. The minimum atomic E-state index is -1.21. The molecule has 2 atom stereocenters. The normalized spacial score (nSPS) is 14.3. The van der Waals surface area contributed by atoms with E-state index in [4.69, 9.17) is 10.2 Å². The molecule has 0 aliphatic carbocycles. The van der Waals surface area contributed by atoms with E-state index in [1.54, 1.807) is 19.1 Å². The molecule has 0 aliphatic heterocycles. The summed E-state index contributed by atoms with van der Waals surface area (Å²) in [6.07, 6.45) is -0.0926. The van der Waals surface area contributed by atoms with E-state index in [1.807, 2.05) is 0 Å². The minimum Gasteiger partial charge on any atom is -0.508 e. The molecule has 1 aromatic carbocycles. The van der Waals surface area contributed by atoms with Gasteiger partial charge in [0.2, 0.25) is 0 Å². The lowest BCUT2D eigenvalue weighted by Gasteiger charge is -2.08. The van der Waals surface area contributed by atoms with E-state index in [1.165, 1.54) is 12.1 Å². The molecule has 0 amide bonds. The maximum absolute atomic E-state index is 11.7. The van der Waals surface area contributed by atoms with E-state index in [-0.39, 0.29) is 17.4 Å². The molecule has 0 spiro atoms. The molecule has 4 nitrogen and oxygen atoms in total. The summed E-state index contributed by atoms with van der Waals surface area (Å²) in [4.78, 5) is 10.4. The van der Waals surface area contributed by atoms with Crippen LogP contribution in [0.2, 0.25) is 0 Å². The fourth-order valence-corrected chi connectivity index (χ4v) is 2.37. The van der Waals surface area contributed by atoms with E-state index >= 15 is 0 Å². The number of hydrogen-bond donors (Lipinski definition) is 2. The zero-order valence-electron chi connectivity index (χ0n) is 8.92. The molecule has 0 saturated carbocycles. The second-order valence-electron chi connectivity index (χ2n) is 3.60. The van der Waals surface area contributed by atoms with Gasteiger partial charge in [-0.05, 0) is 17.7 Å². The summed E-state index contributed by atoms with van der Waals surface area (Å²) in [7, 11) is -1.21. The Kier molecular flexibility index (Phi) is 4.49. The molecule has 0 radical (unpaired) electrons. The molecule has 16 heavy (non-hydrogen) atoms. The number of carboxylic acids is 1. The van der Waals surface area contributed by atoms with Gasteiger partial charge in [-0.15, -0.1) is 0 Å². The number of rotatable bonds is 5. The van der Waals surface area contributed by atoms with Crippen LogP contribution in [0.25, 0.3) is 0 Å². The Labute approximate surface area is 96.4 Å². The number of phenols is 1. The molecule has 0 bridgehead atoms. The summed E-state index contributed by atoms with van der Waals surface area (Å²) in [5, 5.41) is 17.3. The van der Waals surface area contributed by atoms with Crippen LogP contribution in [-0.2, 0) is 21.3 Å². The first-order chi connectivity index (χ1) is 7.49. The van der Waals surface area contributed by atoms with Crippen LogP contribution in [0.1, 0.15) is 18.9 Å². The number of carbonyl (C=O) groups is 1. The van der Waals surface area contributed by atoms with Crippen LogP contribution in [0.3, 0.4) is 0 Å². The van der Waals surface area contributed by atoms with Crippen molar-refractivity contribution >= 4 is 16.8 Å². The Morgan fingerprint density at radius 2 is 1.94 bits per heavy atom. The number of phenolic OH excluding ortho intramolecular Hbond substituents is 1. The van der Waals surface area contributed by atoms with Gasteiger partial charge in [-0.1, -0.05) is 19.1 Å². The predicted octanol–water partition coefficient (Wildman–Crippen LogP) is 1.50. The second-order valence-corrected chi connectivity index (χ2v) is 5.45. The van der Waals surface area contributed by atoms with Gasteiger partial charge < -0.3 is 10.2 Å². The quantitative estimate of drug-likeness (QED) is 0.820. The first-order valence-corrected chi connectivity index (χ1v) is 6.24. The predicted molar refractivity (Wildman–Crippen MR) is 61.7 cm³/mol. The summed E-state index contributed by atoms with van der Waals surface area (Å²) in [5.74, 6) is -0.464. The average Bonchev–Trinajstić information content (AvgIpc) is 2.20. The van der Waals surface area contributed by atoms with Gasteiger partial charge in [0.15, 0.2) is 0 Å². The Balaban J connectivity index is 2.57. The summed E-state index contributed by atoms with van der Waals surface area (Å²) in [5.41, 5.74) is 0.827. The van der Waals surface area contributed by atoms with E-state index in [0.29, 0.717) is 5.75 Å². The number of benzene rings is 1. The van der Waals surface area contributed by atoms with E-state index in [9.17, 15) is 9.00 Å². The van der Waals surface area contributed by atoms with Crippen LogP contribution < -0.4 is 0 Å². The molecule has 0 aromatic heterocycles. The zero-order valence-corrected chi connectivity index (χ0v) is 9.74. The lowest BCUT2D eigenvalue weighted by Crippen LogP contribution is -2.17. The number of carboxylic acid groups (broad SMARTS) is 1. The molecular formula is C11H14O4S. The Morgan fingerprint density at radius 1 is 1.38 bits per heavy atom. The summed E-state index contributed by atoms with van der Waals surface area (Å²) >= 11 is 0. The van der Waals surface area contributed by atoms with E-state index in [0.717, 1.165) is 5.56 Å². The molecule has 1 aromatic rings. The third kappa shape index (κ3) is 4.02. The largest absolute Gasteiger partial charge is 0.508 e. The summed E-state index contributed by atoms with van der Waals surface area (Å²) < 4.78 is 11.7. The van der Waals surface area contributed by atoms with Crippen LogP contribution in [0.5, 0.6) is 5.75 Å². The topological polar surface area (TPSA) is 74.6 Å². The van der Waals surface area contributed by atoms with Gasteiger partial charge in [0.05, 0.1) is 6.42 Å². The highest BCUT2D eigenvalue weighted by atomic mass is 32.2. The van der Waals surface area contributed by atoms with Crippen LogP contribution in [0.15, 0.2) is 24.3 Å². The first kappa shape index (κ1) is 12.7. The van der Waals surface area contributed by atoms with Gasteiger partial charge >= 0.3 is 5.97 Å². The molecule has 0 fully saturated rings. The molecule has 0 saturated heterocycles. The van der Waals surface area contributed by atoms with Crippen molar-refractivity contribution in [1.82, 2.24) is 0 Å². The van der Waals surface area contributed by atoms with Gasteiger partial charge in [-0.2, -0.15) is 0 Å². The monoisotopic (exact) mass is 242 g/mol. The summed E-state index contributed by atoms with van der Waals surface area (Å²) in [6.45, 7) is 1.66. The Hall–Kier alpha value is -1.36. The number of hydrogen-bond acceptors (Lipinski definition) is 3. The average molecular weight is 242 g/mol. The molecule has 0 heterocycles. The second kappa shape index (κ2) is 5.65. The molecular weight excluding hydrogens is 228 g/mol. The molecule has 5 heteroatoms. The fraction of sp³-hybridized carbons (Fsp3) is 0.364. The number of aromatic hydroxyl groups is 1. The Morgan fingerprint density at radius 3 is 2.44 bits per heavy atom. The smallest absolute Gasteiger partial charge is 0.304 e. The van der Waals surface area contributed by atoms with Crippen LogP contribution in [0.4, 0.5) is 0 Å². The minimum absolute atomic E-state index is 0.0926. The fourth-order valence-electron chi connectivity index (χ4n) is 1.24. The van der Waals surface area contributed by atoms with Crippen molar-refractivity contribution in [2.45, 2.75) is 24.3 Å². The van der Waals surface area contributed by atoms with Gasteiger partial charge in [0, 0.05) is 21.8 Å². The highest BCUT2D eigenvalue weighted by molar-refractivity contribution is 7.84. The zero-order chi connectivity index (χ0) is 12.1. The van der Waals surface area contributed by atoms with Crippen molar-refractivity contribution in [1.29, 1.82) is 0 Å². The Bertz CT molecular complexity index is 385. The third-order valence-electron chi connectivity index (χ3n) is 2.16. The van der Waals surface area contributed by atoms with Crippen molar-refractivity contribution in [3.63, 3.8) is 0 Å². The first-order valence-electron chi connectivity index (χ1n) is 4.86. The lowest BCUT2D eigenvalue weighted by atomic mass is 10.2. The lowest BCUT2D eigenvalue weighted by molar-refractivity contribution is -0.136. The molecule has 1 rings (SSSR count). The highest BCUT2D eigenvalue weighted by Gasteiger charge is 2.15. The van der Waals surface area contributed by atoms with Crippen molar-refractivity contribution in [2.24, 2.45) is 0 Å². The van der Waals surface area contributed by atoms with E-state index < -0.39 is 16.8 Å². The van der Waals surface area contributed by atoms with E-state index in [2.05, 4.69) is 0 Å². The van der Waals surface area contributed by atoms with Gasteiger partial charge in [-0.3, -0.25) is 9.00 Å². The standard InChI is InChI=1S/C11H14O4S/c1-8(6-11(13)14)16(15)7-9-2-4-10(12)5-3-9/h2-5,8,12H,6-7H2,1H3,(H,13,14). The van der Waals surface area contributed by atoms with Gasteiger partial charge in [0.1, 0.15) is 5.75 Å². The summed E-state index contributed by atoms with van der Waals surface area (Å²) in [6, 6.07) is 6.41. The van der Waals surface area contributed by atoms with Crippen LogP contribution in [0, 0.1) is 0 Å². The maximum Gasteiger partial charge on any atom is 0.304 e. The van der Waals surface area contributed by atoms with Crippen LogP contribution >= 0.6 is 0 Å². The number of aliphatic carboxylic acids is 1.